The van der Waals surface area contributed by atoms with Crippen LogP contribution in [0.3, 0.4) is 0 Å². The van der Waals surface area contributed by atoms with E-state index in [1.807, 2.05) is 36.9 Å². The summed E-state index contributed by atoms with van der Waals surface area (Å²) in [6.07, 6.45) is 7.02. The van der Waals surface area contributed by atoms with E-state index in [-0.39, 0.29) is 18.1 Å². The van der Waals surface area contributed by atoms with Crippen LogP contribution in [0.1, 0.15) is 44.3 Å². The zero-order valence-corrected chi connectivity index (χ0v) is 13.6. The van der Waals surface area contributed by atoms with Crippen molar-refractivity contribution >= 4 is 17.7 Å². The van der Waals surface area contributed by atoms with Gasteiger partial charge in [-0.3, -0.25) is 10.1 Å². The van der Waals surface area contributed by atoms with Crippen LogP contribution in [0.4, 0.5) is 0 Å². The van der Waals surface area contributed by atoms with Crippen LogP contribution < -0.4 is 5.32 Å². The van der Waals surface area contributed by atoms with E-state index in [2.05, 4.69) is 28.6 Å². The molecule has 1 aromatic carbocycles. The molecule has 1 aliphatic carbocycles. The normalized spacial score (nSPS) is 33.4. The third-order valence-electron chi connectivity index (χ3n) is 4.75. The highest BCUT2D eigenvalue weighted by Gasteiger charge is 2.42. The Kier molecular flexibility index (Phi) is 4.55. The molecule has 1 saturated heterocycles. The van der Waals surface area contributed by atoms with Crippen LogP contribution in [0.2, 0.25) is 0 Å². The van der Waals surface area contributed by atoms with E-state index in [1.165, 1.54) is 18.4 Å². The van der Waals surface area contributed by atoms with Gasteiger partial charge in [0.1, 0.15) is 6.17 Å². The largest absolute Gasteiger partial charge is 0.319 e. The molecule has 1 aromatic rings. The molecular weight excluding hydrogens is 280 g/mol. The third-order valence-corrected chi connectivity index (χ3v) is 5.85. The van der Waals surface area contributed by atoms with Gasteiger partial charge in [-0.1, -0.05) is 36.8 Å². The lowest BCUT2D eigenvalue weighted by molar-refractivity contribution is -0.132. The van der Waals surface area contributed by atoms with Crippen molar-refractivity contribution in [1.29, 1.82) is 0 Å². The highest BCUT2D eigenvalue weighted by molar-refractivity contribution is 7.99. The van der Waals surface area contributed by atoms with Gasteiger partial charge < -0.3 is 4.90 Å². The van der Waals surface area contributed by atoms with Gasteiger partial charge in [-0.2, -0.15) is 11.8 Å². The molecule has 1 saturated carbocycles. The van der Waals surface area contributed by atoms with Crippen molar-refractivity contribution in [1.82, 2.24) is 10.2 Å². The molecule has 0 spiro atoms. The number of hydrogen-bond donors (Lipinski definition) is 1. The Bertz CT molecular complexity index is 493. The minimum absolute atomic E-state index is 0.0410. The lowest BCUT2D eigenvalue weighted by atomic mass is 9.93. The van der Waals surface area contributed by atoms with Gasteiger partial charge in [0, 0.05) is 11.3 Å². The van der Waals surface area contributed by atoms with Gasteiger partial charge >= 0.3 is 0 Å². The number of hydrogen-bond acceptors (Lipinski definition) is 3. The second-order valence-electron chi connectivity index (χ2n) is 6.13. The summed E-state index contributed by atoms with van der Waals surface area (Å²) < 4.78 is 0. The summed E-state index contributed by atoms with van der Waals surface area (Å²) in [5, 5.41) is 4.17. The summed E-state index contributed by atoms with van der Waals surface area (Å²) in [7, 11) is 0. The maximum absolute atomic E-state index is 12.6. The molecule has 2 fully saturated rings. The van der Waals surface area contributed by atoms with Crippen molar-refractivity contribution in [2.45, 2.75) is 56.1 Å². The first-order valence-electron chi connectivity index (χ1n) is 7.86. The molecule has 1 heterocycles. The Balaban J connectivity index is 1.84. The maximum Gasteiger partial charge on any atom is 0.241 e. The average Bonchev–Trinajstić information content (AvgIpc) is 2.84. The van der Waals surface area contributed by atoms with E-state index in [9.17, 15) is 4.79 Å². The summed E-state index contributed by atoms with van der Waals surface area (Å²) in [4.78, 5) is 14.8. The molecule has 4 unspecified atom stereocenters. The number of thioether (sulfide) groups is 1. The molecule has 4 heteroatoms. The van der Waals surface area contributed by atoms with Gasteiger partial charge in [0.15, 0.2) is 0 Å². The first-order chi connectivity index (χ1) is 10.2. The number of nitrogens with one attached hydrogen (secondary N) is 1. The fourth-order valence-corrected chi connectivity index (χ4v) is 4.43. The van der Waals surface area contributed by atoms with Crippen molar-refractivity contribution in [3.63, 3.8) is 0 Å². The molecule has 0 aromatic heterocycles. The Morgan fingerprint density at radius 2 is 2.00 bits per heavy atom. The van der Waals surface area contributed by atoms with Crippen LogP contribution in [0.15, 0.2) is 30.3 Å². The number of carbonyl (C=O) groups excluding carboxylic acids is 1. The quantitative estimate of drug-likeness (QED) is 0.931. The molecule has 1 N–H and O–H groups in total. The summed E-state index contributed by atoms with van der Waals surface area (Å²) in [5.74, 6) is 0.260. The summed E-state index contributed by atoms with van der Waals surface area (Å²) in [6.45, 7) is 1.98. The lowest BCUT2D eigenvalue weighted by Crippen LogP contribution is -2.43. The number of benzene rings is 1. The fraction of sp³-hybridized carbons (Fsp3) is 0.588. The van der Waals surface area contributed by atoms with E-state index < -0.39 is 0 Å². The van der Waals surface area contributed by atoms with Crippen LogP contribution in [-0.4, -0.2) is 34.4 Å². The summed E-state index contributed by atoms with van der Waals surface area (Å²) in [6, 6.07) is 10.7. The van der Waals surface area contributed by atoms with Crippen LogP contribution in [0, 0.1) is 0 Å². The summed E-state index contributed by atoms with van der Waals surface area (Å²) in [5.41, 5.74) is 1.20. The van der Waals surface area contributed by atoms with E-state index in [1.54, 1.807) is 0 Å². The van der Waals surface area contributed by atoms with Gasteiger partial charge in [-0.15, -0.1) is 0 Å². The first kappa shape index (κ1) is 14.9. The minimum atomic E-state index is -0.0788. The minimum Gasteiger partial charge on any atom is -0.319 e. The molecule has 2 aliphatic rings. The second kappa shape index (κ2) is 6.41. The fourth-order valence-electron chi connectivity index (χ4n) is 3.61. The Hall–Kier alpha value is -1.00. The van der Waals surface area contributed by atoms with Crippen LogP contribution in [0.25, 0.3) is 0 Å². The standard InChI is InChI=1S/C17H24N2OS/c1-12-17(20)19(14-9-6-10-15(11-14)21-2)16(18-12)13-7-4-3-5-8-13/h3-5,7-8,12,14-16,18H,6,9-11H2,1-2H3. The highest BCUT2D eigenvalue weighted by atomic mass is 32.2. The number of carbonyl (C=O) groups is 1. The maximum atomic E-state index is 12.6. The van der Waals surface area contributed by atoms with Crippen molar-refractivity contribution in [2.75, 3.05) is 6.26 Å². The molecule has 3 nitrogen and oxygen atoms in total. The van der Waals surface area contributed by atoms with Gasteiger partial charge in [0.05, 0.1) is 6.04 Å². The Morgan fingerprint density at radius 3 is 2.71 bits per heavy atom. The van der Waals surface area contributed by atoms with Crippen LogP contribution in [-0.2, 0) is 4.79 Å². The number of amides is 1. The third kappa shape index (κ3) is 2.97. The van der Waals surface area contributed by atoms with Gasteiger partial charge in [-0.25, -0.2) is 0 Å². The molecule has 4 atom stereocenters. The van der Waals surface area contributed by atoms with E-state index in [0.717, 1.165) is 12.8 Å². The first-order valence-corrected chi connectivity index (χ1v) is 9.15. The highest BCUT2D eigenvalue weighted by Crippen LogP contribution is 2.36. The zero-order valence-electron chi connectivity index (χ0n) is 12.8. The van der Waals surface area contributed by atoms with Crippen molar-refractivity contribution < 1.29 is 4.79 Å². The summed E-state index contributed by atoms with van der Waals surface area (Å²) >= 11 is 1.95. The molecule has 1 amide bonds. The molecule has 21 heavy (non-hydrogen) atoms. The average molecular weight is 304 g/mol. The molecule has 0 radical (unpaired) electrons. The van der Waals surface area contributed by atoms with Crippen molar-refractivity contribution in [2.24, 2.45) is 0 Å². The van der Waals surface area contributed by atoms with Crippen LogP contribution >= 0.6 is 11.8 Å². The predicted octanol–water partition coefficient (Wildman–Crippen LogP) is 3.18. The van der Waals surface area contributed by atoms with Gasteiger partial charge in [-0.05, 0) is 38.0 Å². The topological polar surface area (TPSA) is 32.3 Å². The van der Waals surface area contributed by atoms with Crippen molar-refractivity contribution in [3.05, 3.63) is 35.9 Å². The molecule has 3 rings (SSSR count). The smallest absolute Gasteiger partial charge is 0.241 e. The lowest BCUT2D eigenvalue weighted by Gasteiger charge is -2.38. The van der Waals surface area contributed by atoms with E-state index in [0.29, 0.717) is 11.3 Å². The predicted molar refractivity (Wildman–Crippen MR) is 88.2 cm³/mol. The van der Waals surface area contributed by atoms with Crippen LogP contribution in [0.5, 0.6) is 0 Å². The molecule has 0 bridgehead atoms. The number of nitrogens with zero attached hydrogens (tertiary/aromatic N) is 1. The monoisotopic (exact) mass is 304 g/mol. The Labute approximate surface area is 131 Å². The van der Waals surface area contributed by atoms with Crippen molar-refractivity contribution in [3.8, 4) is 0 Å². The second-order valence-corrected chi connectivity index (χ2v) is 7.26. The van der Waals surface area contributed by atoms with E-state index >= 15 is 0 Å². The molecule has 114 valence electrons. The molecule has 1 aliphatic heterocycles. The zero-order chi connectivity index (χ0) is 14.8. The van der Waals surface area contributed by atoms with Gasteiger partial charge in [0.25, 0.3) is 0 Å². The van der Waals surface area contributed by atoms with E-state index in [4.69, 9.17) is 0 Å². The SMILES string of the molecule is CSC1CCCC(N2C(=O)C(C)NC2c2ccccc2)C1. The Morgan fingerprint density at radius 1 is 1.24 bits per heavy atom. The number of rotatable bonds is 3. The van der Waals surface area contributed by atoms with Gasteiger partial charge in [0.2, 0.25) is 5.91 Å². The molecular formula is C17H24N2OS.